The first-order chi connectivity index (χ1) is 11.2. The van der Waals surface area contributed by atoms with Crippen LogP contribution in [0.5, 0.6) is 0 Å². The van der Waals surface area contributed by atoms with Gasteiger partial charge in [0.15, 0.2) is 0 Å². The number of nitrogens with zero attached hydrogens (tertiary/aromatic N) is 2. The molecule has 5 heteroatoms. The lowest BCUT2D eigenvalue weighted by atomic mass is 10.3. The van der Waals surface area contributed by atoms with Gasteiger partial charge in [0.25, 0.3) is 0 Å². The van der Waals surface area contributed by atoms with E-state index in [1.807, 2.05) is 18.2 Å². The van der Waals surface area contributed by atoms with Gasteiger partial charge in [0.2, 0.25) is 0 Å². The Hall–Kier alpha value is -2.66. The third kappa shape index (κ3) is 3.40. The van der Waals surface area contributed by atoms with Crippen LogP contribution in [0.25, 0.3) is 0 Å². The summed E-state index contributed by atoms with van der Waals surface area (Å²) in [7, 11) is -4.79. The van der Waals surface area contributed by atoms with Crippen molar-refractivity contribution in [3.05, 3.63) is 84.9 Å². The molecule has 0 aliphatic heterocycles. The number of rotatable bonds is 4. The summed E-state index contributed by atoms with van der Waals surface area (Å²) in [6.07, 6.45) is 0. The predicted octanol–water partition coefficient (Wildman–Crippen LogP) is 4.60. The van der Waals surface area contributed by atoms with Gasteiger partial charge in [-0.15, -0.1) is 0 Å². The zero-order valence-corrected chi connectivity index (χ0v) is 13.2. The molecule has 0 saturated heterocycles. The summed E-state index contributed by atoms with van der Waals surface area (Å²) in [5.41, 5.74) is 0.851. The van der Waals surface area contributed by atoms with Crippen LogP contribution in [-0.2, 0) is 0 Å². The third-order valence-electron chi connectivity index (χ3n) is 3.41. The Labute approximate surface area is 134 Å². The lowest BCUT2D eigenvalue weighted by Gasteiger charge is -2.15. The molecule has 0 aliphatic rings. The van der Waals surface area contributed by atoms with Crippen LogP contribution in [0.4, 0.5) is 19.6 Å². The van der Waals surface area contributed by atoms with Crippen LogP contribution < -0.4 is 10.4 Å². The Morgan fingerprint density at radius 1 is 0.609 bits per heavy atom. The van der Waals surface area contributed by atoms with Crippen LogP contribution >= 0.6 is 0 Å². The summed E-state index contributed by atoms with van der Waals surface area (Å²) in [5.74, 6) is 0. The zero-order chi connectivity index (χ0) is 16.1. The van der Waals surface area contributed by atoms with E-state index in [9.17, 15) is 8.22 Å². The Bertz CT molecular complexity index is 806. The molecule has 0 aromatic heterocycles. The second kappa shape index (κ2) is 6.62. The minimum atomic E-state index is -4.79. The molecular weight excluding hydrogens is 310 g/mol. The highest BCUT2D eigenvalue weighted by Gasteiger charge is 2.42. The van der Waals surface area contributed by atoms with Gasteiger partial charge in [-0.25, -0.2) is 0 Å². The van der Waals surface area contributed by atoms with Crippen LogP contribution in [0.1, 0.15) is 0 Å². The van der Waals surface area contributed by atoms with Crippen LogP contribution in [0.15, 0.2) is 95.2 Å². The molecule has 0 saturated carbocycles. The van der Waals surface area contributed by atoms with Gasteiger partial charge >= 0.3 is 8.74 Å². The first-order valence-corrected chi connectivity index (χ1v) is 8.93. The molecule has 23 heavy (non-hydrogen) atoms. The van der Waals surface area contributed by atoms with Gasteiger partial charge in [-0.1, -0.05) is 66.7 Å². The van der Waals surface area contributed by atoms with Gasteiger partial charge in [-0.05, 0) is 18.2 Å². The number of halogens is 2. The van der Waals surface area contributed by atoms with Gasteiger partial charge in [0.05, 0.1) is 11.4 Å². The van der Waals surface area contributed by atoms with E-state index in [4.69, 9.17) is 0 Å². The summed E-state index contributed by atoms with van der Waals surface area (Å²) in [6.45, 7) is 0. The second-order valence-corrected chi connectivity index (χ2v) is 7.26. The molecule has 2 nitrogen and oxygen atoms in total. The average molecular weight is 324 g/mol. The maximum Gasteiger partial charge on any atom is 0.489 e. The smallest absolute Gasteiger partial charge is 0.259 e. The van der Waals surface area contributed by atoms with E-state index in [0.29, 0.717) is 5.69 Å². The Morgan fingerprint density at radius 3 is 1.87 bits per heavy atom. The Morgan fingerprint density at radius 2 is 1.17 bits per heavy atom. The molecule has 0 bridgehead atoms. The maximum atomic E-state index is 14.9. The van der Waals surface area contributed by atoms with Crippen molar-refractivity contribution in [2.75, 3.05) is 0 Å². The van der Waals surface area contributed by atoms with Crippen molar-refractivity contribution in [3.63, 3.8) is 0 Å². The van der Waals surface area contributed by atoms with Gasteiger partial charge in [-0.2, -0.15) is 10.2 Å². The van der Waals surface area contributed by atoms with Gasteiger partial charge < -0.3 is 0 Å². The lowest BCUT2D eigenvalue weighted by Crippen LogP contribution is -2.50. The molecular formula is C18H14F2N2Si. The molecule has 0 amide bonds. The standard InChI is InChI=1S/C18H14F2N2Si/c19-23(20,16-11-5-2-6-12-16)18-14-8-7-13-17(18)22-21-15-9-3-1-4-10-15/h1-14H. The number of azo groups is 1. The molecule has 3 aromatic carbocycles. The van der Waals surface area contributed by atoms with Crippen molar-refractivity contribution in [3.8, 4) is 0 Å². The van der Waals surface area contributed by atoms with Gasteiger partial charge in [0.1, 0.15) is 0 Å². The highest BCUT2D eigenvalue weighted by atomic mass is 28.4. The summed E-state index contributed by atoms with van der Waals surface area (Å²) >= 11 is 0. The van der Waals surface area contributed by atoms with E-state index in [0.717, 1.165) is 0 Å². The minimum absolute atomic E-state index is 0.0223. The van der Waals surface area contributed by atoms with E-state index < -0.39 is 8.74 Å². The normalized spacial score (nSPS) is 11.7. The number of hydrogen-bond acceptors (Lipinski definition) is 2. The minimum Gasteiger partial charge on any atom is -0.259 e. The SMILES string of the molecule is F[Si](F)(c1ccccc1)c1ccccc1N=Nc1ccccc1. The van der Waals surface area contributed by atoms with Crippen LogP contribution in [0.3, 0.4) is 0 Å². The number of benzene rings is 3. The largest absolute Gasteiger partial charge is 0.489 e. The van der Waals surface area contributed by atoms with Crippen molar-refractivity contribution in [2.45, 2.75) is 0 Å². The Kier molecular flexibility index (Phi) is 4.39. The van der Waals surface area contributed by atoms with E-state index in [1.54, 1.807) is 48.5 Å². The van der Waals surface area contributed by atoms with Crippen molar-refractivity contribution in [1.82, 2.24) is 0 Å². The molecule has 0 spiro atoms. The fraction of sp³-hybridized carbons (Fsp3) is 0. The molecule has 3 aromatic rings. The fourth-order valence-corrected chi connectivity index (χ4v) is 3.92. The second-order valence-electron chi connectivity index (χ2n) is 4.99. The van der Waals surface area contributed by atoms with Crippen LogP contribution in [-0.4, -0.2) is 8.74 Å². The summed E-state index contributed by atoms with van der Waals surface area (Å²) in [4.78, 5) is 0. The molecule has 0 unspecified atom stereocenters. The van der Waals surface area contributed by atoms with Crippen molar-refractivity contribution < 1.29 is 8.22 Å². The molecule has 3 rings (SSSR count). The molecule has 114 valence electrons. The topological polar surface area (TPSA) is 24.7 Å². The fourth-order valence-electron chi connectivity index (χ4n) is 2.24. The maximum absolute atomic E-state index is 14.9. The van der Waals surface area contributed by atoms with Crippen molar-refractivity contribution in [2.24, 2.45) is 10.2 Å². The van der Waals surface area contributed by atoms with Crippen molar-refractivity contribution in [1.29, 1.82) is 0 Å². The monoisotopic (exact) mass is 324 g/mol. The zero-order valence-electron chi connectivity index (χ0n) is 12.2. The summed E-state index contributed by atoms with van der Waals surface area (Å²) < 4.78 is 29.8. The first kappa shape index (κ1) is 15.2. The predicted molar refractivity (Wildman–Crippen MR) is 90.7 cm³/mol. The molecule has 0 heterocycles. The van der Waals surface area contributed by atoms with E-state index in [-0.39, 0.29) is 16.1 Å². The van der Waals surface area contributed by atoms with Crippen molar-refractivity contribution >= 4 is 30.5 Å². The van der Waals surface area contributed by atoms with E-state index in [1.165, 1.54) is 18.2 Å². The first-order valence-electron chi connectivity index (χ1n) is 7.17. The molecule has 0 fully saturated rings. The molecule has 0 radical (unpaired) electrons. The van der Waals surface area contributed by atoms with E-state index in [2.05, 4.69) is 10.2 Å². The molecule has 0 atom stereocenters. The molecule has 0 aliphatic carbocycles. The summed E-state index contributed by atoms with van der Waals surface area (Å²) in [5, 5.41) is 8.16. The third-order valence-corrected chi connectivity index (χ3v) is 5.57. The van der Waals surface area contributed by atoms with E-state index >= 15 is 0 Å². The van der Waals surface area contributed by atoms with Gasteiger partial charge in [-0.3, -0.25) is 8.22 Å². The van der Waals surface area contributed by atoms with Gasteiger partial charge in [0, 0.05) is 10.4 Å². The summed E-state index contributed by atoms with van der Waals surface area (Å²) in [6, 6.07) is 23.3. The Balaban J connectivity index is 2.00. The molecule has 0 N–H and O–H groups in total. The average Bonchev–Trinajstić information content (AvgIpc) is 2.62. The number of hydrogen-bond donors (Lipinski definition) is 0. The highest BCUT2D eigenvalue weighted by Crippen LogP contribution is 2.20. The van der Waals surface area contributed by atoms with Crippen LogP contribution in [0.2, 0.25) is 0 Å². The quantitative estimate of drug-likeness (QED) is 0.381. The lowest BCUT2D eigenvalue weighted by molar-refractivity contribution is 0.654. The van der Waals surface area contributed by atoms with Crippen LogP contribution in [0, 0.1) is 0 Å². The highest BCUT2D eigenvalue weighted by molar-refractivity contribution is 6.92.